The number of hydrazone groups is 1. The summed E-state index contributed by atoms with van der Waals surface area (Å²) in [5.41, 5.74) is 3.52. The van der Waals surface area contributed by atoms with Crippen LogP contribution in [0.15, 0.2) is 107 Å². The van der Waals surface area contributed by atoms with Crippen molar-refractivity contribution in [1.82, 2.24) is 5.43 Å². The summed E-state index contributed by atoms with van der Waals surface area (Å²) in [5, 5.41) is 18.6. The van der Waals surface area contributed by atoms with Crippen LogP contribution >= 0.6 is 0 Å². The van der Waals surface area contributed by atoms with E-state index in [1.807, 2.05) is 0 Å². The molecule has 0 saturated heterocycles. The first-order chi connectivity index (χ1) is 21.5. The molecular weight excluding hydrogens is 602 g/mol. The molecule has 0 aromatic heterocycles. The summed E-state index contributed by atoms with van der Waals surface area (Å²) in [6.45, 7) is 0.813. The first-order valence-electron chi connectivity index (χ1n) is 13.3. The number of hydrogen-bond donors (Lipinski definition) is 2. The Kier molecular flexibility index (Phi) is 10.1. The van der Waals surface area contributed by atoms with Crippen molar-refractivity contribution in [3.63, 3.8) is 0 Å². The lowest BCUT2D eigenvalue weighted by Gasteiger charge is -2.25. The number of sulfonamides is 1. The maximum absolute atomic E-state index is 13.9. The number of benzene rings is 4. The minimum atomic E-state index is -4.69. The Bertz CT molecular complexity index is 1860. The largest absolute Gasteiger partial charge is 0.497 e. The van der Waals surface area contributed by atoms with Crippen molar-refractivity contribution >= 4 is 44.6 Å². The van der Waals surface area contributed by atoms with Crippen molar-refractivity contribution in [3.8, 4) is 11.5 Å². The molecular formula is C31H29N5O8S. The number of nitro benzene ring substituents is 1. The molecule has 4 aromatic carbocycles. The van der Waals surface area contributed by atoms with Gasteiger partial charge < -0.3 is 14.8 Å². The highest BCUT2D eigenvalue weighted by atomic mass is 32.2. The summed E-state index contributed by atoms with van der Waals surface area (Å²) in [5.74, 6) is -0.753. The van der Waals surface area contributed by atoms with Crippen molar-refractivity contribution in [3.05, 3.63) is 118 Å². The Hall–Kier alpha value is -5.76. The van der Waals surface area contributed by atoms with Gasteiger partial charge in [-0.3, -0.25) is 24.0 Å². The van der Waals surface area contributed by atoms with E-state index < -0.39 is 38.0 Å². The number of para-hydroxylation sites is 1. The van der Waals surface area contributed by atoms with Gasteiger partial charge in [0.2, 0.25) is 0 Å². The minimum absolute atomic E-state index is 0.0401. The molecule has 4 rings (SSSR count). The average molecular weight is 632 g/mol. The van der Waals surface area contributed by atoms with E-state index in [4.69, 9.17) is 9.47 Å². The predicted molar refractivity (Wildman–Crippen MR) is 168 cm³/mol. The van der Waals surface area contributed by atoms with Gasteiger partial charge in [-0.15, -0.1) is 0 Å². The third-order valence-electron chi connectivity index (χ3n) is 6.50. The first kappa shape index (κ1) is 32.2. The van der Waals surface area contributed by atoms with E-state index in [1.165, 1.54) is 44.6 Å². The second-order valence-corrected chi connectivity index (χ2v) is 11.2. The summed E-state index contributed by atoms with van der Waals surface area (Å²) in [6, 6.07) is 24.5. The molecule has 0 atom stereocenters. The Morgan fingerprint density at radius 3 is 2.27 bits per heavy atom. The molecule has 0 fully saturated rings. The standard InChI is InChI=1S/C31H29N5O8S/c1-21(23-12-9-13-24(18-23)32-31(38)22-10-5-4-6-11-22)33-34-30(37)20-35(26-17-16-25(43-2)19-28(26)44-3)45(41,42)29-15-8-7-14-27(29)36(39)40/h4-19H,20H2,1-3H3,(H,32,38)(H,34,37)/b33-21-. The van der Waals surface area contributed by atoms with Crippen LogP contribution in [0.1, 0.15) is 22.8 Å². The molecule has 45 heavy (non-hydrogen) atoms. The zero-order valence-electron chi connectivity index (χ0n) is 24.5. The van der Waals surface area contributed by atoms with E-state index in [9.17, 15) is 28.1 Å². The van der Waals surface area contributed by atoms with Gasteiger partial charge in [0.05, 0.1) is 30.5 Å². The van der Waals surface area contributed by atoms with Crippen molar-refractivity contribution in [2.45, 2.75) is 11.8 Å². The molecule has 0 aliphatic carbocycles. The summed E-state index contributed by atoms with van der Waals surface area (Å²) < 4.78 is 39.0. The zero-order chi connectivity index (χ0) is 32.6. The number of nitro groups is 1. The van der Waals surface area contributed by atoms with Gasteiger partial charge in [0.1, 0.15) is 18.0 Å². The first-order valence-corrected chi connectivity index (χ1v) is 14.8. The quantitative estimate of drug-likeness (QED) is 0.130. The zero-order valence-corrected chi connectivity index (χ0v) is 25.3. The van der Waals surface area contributed by atoms with Crippen LogP contribution in [0.3, 0.4) is 0 Å². The molecule has 14 heteroatoms. The predicted octanol–water partition coefficient (Wildman–Crippen LogP) is 4.60. The van der Waals surface area contributed by atoms with Gasteiger partial charge in [-0.05, 0) is 55.0 Å². The molecule has 13 nitrogen and oxygen atoms in total. The molecule has 2 N–H and O–H groups in total. The maximum Gasteiger partial charge on any atom is 0.289 e. The number of nitrogens with one attached hydrogen (secondary N) is 2. The highest BCUT2D eigenvalue weighted by molar-refractivity contribution is 7.93. The van der Waals surface area contributed by atoms with E-state index in [1.54, 1.807) is 61.5 Å². The summed E-state index contributed by atoms with van der Waals surface area (Å²) in [6.07, 6.45) is 0. The van der Waals surface area contributed by atoms with Crippen LogP contribution in [0.25, 0.3) is 0 Å². The Balaban J connectivity index is 1.61. The van der Waals surface area contributed by atoms with E-state index in [-0.39, 0.29) is 17.3 Å². The fourth-order valence-electron chi connectivity index (χ4n) is 4.23. The lowest BCUT2D eigenvalue weighted by Crippen LogP contribution is -2.40. The van der Waals surface area contributed by atoms with Crippen LogP contribution in [0.5, 0.6) is 11.5 Å². The molecule has 0 radical (unpaired) electrons. The van der Waals surface area contributed by atoms with Crippen LogP contribution in [0.4, 0.5) is 17.1 Å². The van der Waals surface area contributed by atoms with Gasteiger partial charge in [-0.25, -0.2) is 13.8 Å². The van der Waals surface area contributed by atoms with Crippen LogP contribution in [0.2, 0.25) is 0 Å². The van der Waals surface area contributed by atoms with Gasteiger partial charge >= 0.3 is 0 Å². The number of hydrogen-bond acceptors (Lipinski definition) is 9. The Labute approximate surface area is 259 Å². The number of anilines is 2. The molecule has 0 aliphatic heterocycles. The highest BCUT2D eigenvalue weighted by Crippen LogP contribution is 2.37. The lowest BCUT2D eigenvalue weighted by molar-refractivity contribution is -0.387. The third-order valence-corrected chi connectivity index (χ3v) is 8.30. The molecule has 232 valence electrons. The van der Waals surface area contributed by atoms with E-state index in [0.717, 1.165) is 12.1 Å². The number of carbonyl (C=O) groups excluding carboxylic acids is 2. The molecule has 0 spiro atoms. The van der Waals surface area contributed by atoms with Gasteiger partial charge in [-0.2, -0.15) is 5.10 Å². The van der Waals surface area contributed by atoms with Crippen LogP contribution in [0, 0.1) is 10.1 Å². The second-order valence-electron chi connectivity index (χ2n) is 9.41. The average Bonchev–Trinajstić information content (AvgIpc) is 3.06. The molecule has 0 unspecified atom stereocenters. The molecule has 2 amide bonds. The van der Waals surface area contributed by atoms with Crippen molar-refractivity contribution in [2.24, 2.45) is 5.10 Å². The number of ether oxygens (including phenoxy) is 2. The fourth-order valence-corrected chi connectivity index (χ4v) is 5.82. The summed E-state index contributed by atoms with van der Waals surface area (Å²) in [4.78, 5) is 36.0. The number of amides is 2. The fraction of sp³-hybridized carbons (Fsp3) is 0.129. The molecule has 0 heterocycles. The number of carbonyl (C=O) groups is 2. The van der Waals surface area contributed by atoms with Gasteiger partial charge in [-0.1, -0.05) is 42.5 Å². The van der Waals surface area contributed by atoms with Gasteiger partial charge in [0.25, 0.3) is 27.5 Å². The van der Waals surface area contributed by atoms with Gasteiger partial charge in [0.15, 0.2) is 4.90 Å². The molecule has 0 saturated carbocycles. The van der Waals surface area contributed by atoms with Crippen LogP contribution in [-0.4, -0.2) is 51.6 Å². The number of rotatable bonds is 12. The number of nitrogens with zero attached hydrogens (tertiary/aromatic N) is 3. The minimum Gasteiger partial charge on any atom is -0.497 e. The van der Waals surface area contributed by atoms with Gasteiger partial charge in [0, 0.05) is 23.4 Å². The highest BCUT2D eigenvalue weighted by Gasteiger charge is 2.34. The van der Waals surface area contributed by atoms with Crippen LogP contribution < -0.4 is 24.5 Å². The molecule has 0 aliphatic rings. The van der Waals surface area contributed by atoms with Crippen molar-refractivity contribution in [1.29, 1.82) is 0 Å². The monoisotopic (exact) mass is 631 g/mol. The normalized spacial score (nSPS) is 11.3. The molecule has 0 bridgehead atoms. The smallest absolute Gasteiger partial charge is 0.289 e. The van der Waals surface area contributed by atoms with E-state index in [0.29, 0.717) is 32.6 Å². The summed E-state index contributed by atoms with van der Waals surface area (Å²) in [7, 11) is -1.97. The lowest BCUT2D eigenvalue weighted by atomic mass is 10.1. The third kappa shape index (κ3) is 7.61. The van der Waals surface area contributed by atoms with Crippen molar-refractivity contribution in [2.75, 3.05) is 30.4 Å². The number of methoxy groups -OCH3 is 2. The van der Waals surface area contributed by atoms with E-state index >= 15 is 0 Å². The second kappa shape index (κ2) is 14.1. The Morgan fingerprint density at radius 1 is 0.889 bits per heavy atom. The topological polar surface area (TPSA) is 170 Å². The van der Waals surface area contributed by atoms with Crippen molar-refractivity contribution < 1.29 is 32.4 Å². The SMILES string of the molecule is COc1ccc(N(CC(=O)N/N=C(/C)c2cccc(NC(=O)c3ccccc3)c2)S(=O)(=O)c2ccccc2[N+](=O)[O-])c(OC)c1. The Morgan fingerprint density at radius 2 is 1.58 bits per heavy atom. The summed E-state index contributed by atoms with van der Waals surface area (Å²) >= 11 is 0. The van der Waals surface area contributed by atoms with E-state index in [2.05, 4.69) is 15.8 Å². The molecule has 4 aromatic rings. The maximum atomic E-state index is 13.9. The van der Waals surface area contributed by atoms with Crippen LogP contribution in [-0.2, 0) is 14.8 Å².